The van der Waals surface area contributed by atoms with Crippen molar-refractivity contribution in [3.8, 4) is 5.69 Å². The van der Waals surface area contributed by atoms with E-state index < -0.39 is 11.9 Å². The van der Waals surface area contributed by atoms with E-state index in [-0.39, 0.29) is 17.5 Å². The molecule has 2 unspecified atom stereocenters. The van der Waals surface area contributed by atoms with Gasteiger partial charge in [0.15, 0.2) is 0 Å². The summed E-state index contributed by atoms with van der Waals surface area (Å²) in [4.78, 5) is 38.8. The summed E-state index contributed by atoms with van der Waals surface area (Å²) in [5, 5.41) is 3.31. The molecule has 3 rings (SSSR count). The number of nitrogens with zero attached hydrogens (tertiary/aromatic N) is 3. The number of likely N-dealkylation sites (tertiary alicyclic amines) is 1. The van der Waals surface area contributed by atoms with E-state index >= 15 is 0 Å². The molecule has 28 heavy (non-hydrogen) atoms. The minimum Gasteiger partial charge on any atom is -0.385 e. The first-order valence-corrected chi connectivity index (χ1v) is 9.01. The fourth-order valence-corrected chi connectivity index (χ4v) is 3.25. The van der Waals surface area contributed by atoms with Crippen LogP contribution in [0.3, 0.4) is 0 Å². The molecular weight excluding hydrogens is 358 g/mol. The SMILES string of the molecule is CN(C)C(=O)N1CC(CNc2ccc(-n3ccccc3=O)cc2)[CH]C1C(N)=O. The van der Waals surface area contributed by atoms with Crippen molar-refractivity contribution in [3.05, 3.63) is 65.4 Å². The number of amides is 3. The molecule has 147 valence electrons. The van der Waals surface area contributed by atoms with Crippen molar-refractivity contribution in [3.63, 3.8) is 0 Å². The fourth-order valence-electron chi connectivity index (χ4n) is 3.25. The Morgan fingerprint density at radius 1 is 1.18 bits per heavy atom. The maximum atomic E-state index is 12.3. The summed E-state index contributed by atoms with van der Waals surface area (Å²) in [5.74, 6) is -0.534. The van der Waals surface area contributed by atoms with Crippen LogP contribution in [0.15, 0.2) is 53.5 Å². The molecule has 1 radical (unpaired) electrons. The Hall–Kier alpha value is -3.29. The van der Waals surface area contributed by atoms with Crippen molar-refractivity contribution >= 4 is 17.6 Å². The van der Waals surface area contributed by atoms with Gasteiger partial charge in [-0.2, -0.15) is 0 Å². The maximum Gasteiger partial charge on any atom is 0.320 e. The van der Waals surface area contributed by atoms with Gasteiger partial charge in [0, 0.05) is 57.2 Å². The normalized spacial score (nSPS) is 18.7. The van der Waals surface area contributed by atoms with Crippen LogP contribution in [0.2, 0.25) is 0 Å². The summed E-state index contributed by atoms with van der Waals surface area (Å²) < 4.78 is 1.57. The van der Waals surface area contributed by atoms with Crippen LogP contribution < -0.4 is 16.6 Å². The Morgan fingerprint density at radius 3 is 2.50 bits per heavy atom. The van der Waals surface area contributed by atoms with Crippen molar-refractivity contribution in [1.29, 1.82) is 0 Å². The third-order valence-corrected chi connectivity index (χ3v) is 4.68. The molecule has 1 saturated heterocycles. The minimum atomic E-state index is -0.700. The molecule has 0 aliphatic carbocycles. The highest BCUT2D eigenvalue weighted by molar-refractivity contribution is 5.88. The summed E-state index contributed by atoms with van der Waals surface area (Å²) in [5.41, 5.74) is 7.02. The van der Waals surface area contributed by atoms with Gasteiger partial charge in [-0.1, -0.05) is 6.07 Å². The Morgan fingerprint density at radius 2 is 1.89 bits per heavy atom. The lowest BCUT2D eigenvalue weighted by molar-refractivity contribution is -0.120. The molecule has 1 aliphatic rings. The third kappa shape index (κ3) is 4.16. The van der Waals surface area contributed by atoms with Gasteiger partial charge in [0.05, 0.1) is 0 Å². The molecular formula is C20H24N5O3. The van der Waals surface area contributed by atoms with E-state index in [0.717, 1.165) is 11.4 Å². The van der Waals surface area contributed by atoms with E-state index in [0.29, 0.717) is 13.1 Å². The first kappa shape index (κ1) is 19.5. The van der Waals surface area contributed by atoms with E-state index in [4.69, 9.17) is 5.73 Å². The van der Waals surface area contributed by atoms with Gasteiger partial charge >= 0.3 is 6.03 Å². The zero-order valence-electron chi connectivity index (χ0n) is 15.9. The molecule has 1 aromatic carbocycles. The number of urea groups is 1. The lowest BCUT2D eigenvalue weighted by Crippen LogP contribution is -2.47. The van der Waals surface area contributed by atoms with Gasteiger partial charge in [-0.3, -0.25) is 14.2 Å². The number of nitrogens with one attached hydrogen (secondary N) is 1. The molecule has 2 aromatic rings. The number of hydrogen-bond donors (Lipinski definition) is 2. The first-order valence-electron chi connectivity index (χ1n) is 9.01. The number of carbonyl (C=O) groups excluding carboxylic acids is 2. The van der Waals surface area contributed by atoms with E-state index in [1.165, 1.54) is 15.9 Å². The number of nitrogens with two attached hydrogens (primary N) is 1. The monoisotopic (exact) mass is 382 g/mol. The van der Waals surface area contributed by atoms with Crippen LogP contribution in [-0.4, -0.2) is 59.5 Å². The molecule has 1 fully saturated rings. The number of pyridine rings is 1. The van der Waals surface area contributed by atoms with Gasteiger partial charge in [-0.15, -0.1) is 0 Å². The highest BCUT2D eigenvalue weighted by Gasteiger charge is 2.39. The quantitative estimate of drug-likeness (QED) is 0.803. The average Bonchev–Trinajstić information content (AvgIpc) is 3.11. The van der Waals surface area contributed by atoms with Crippen molar-refractivity contribution in [1.82, 2.24) is 14.4 Å². The maximum absolute atomic E-state index is 12.3. The van der Waals surface area contributed by atoms with Crippen LogP contribution in [0.25, 0.3) is 5.69 Å². The van der Waals surface area contributed by atoms with Gasteiger partial charge < -0.3 is 20.9 Å². The molecule has 8 nitrogen and oxygen atoms in total. The predicted molar refractivity (Wildman–Crippen MR) is 107 cm³/mol. The molecule has 2 heterocycles. The number of benzene rings is 1. The number of primary amides is 1. The van der Waals surface area contributed by atoms with Crippen LogP contribution in [-0.2, 0) is 4.79 Å². The van der Waals surface area contributed by atoms with Gasteiger partial charge in [0.25, 0.3) is 5.56 Å². The molecule has 1 aromatic heterocycles. The molecule has 8 heteroatoms. The standard InChI is InChI=1S/C20H24N5O3/c1-23(2)20(28)25-13-14(11-17(25)19(21)27)12-22-15-6-8-16(9-7-15)24-10-4-3-5-18(24)26/h3-11,14,17,22H,12-13H2,1-2H3,(H2,21,27). The molecule has 3 N–H and O–H groups in total. The van der Waals surface area contributed by atoms with E-state index in [2.05, 4.69) is 5.32 Å². The summed E-state index contributed by atoms with van der Waals surface area (Å²) in [6, 6.07) is 11.6. The van der Waals surface area contributed by atoms with Crippen LogP contribution in [0, 0.1) is 12.3 Å². The molecule has 2 atom stereocenters. The van der Waals surface area contributed by atoms with Gasteiger partial charge in [-0.05, 0) is 36.2 Å². The van der Waals surface area contributed by atoms with E-state index in [1.807, 2.05) is 30.7 Å². The Balaban J connectivity index is 1.63. The van der Waals surface area contributed by atoms with Gasteiger partial charge in [0.1, 0.15) is 6.04 Å². The Kier molecular flexibility index (Phi) is 5.67. The summed E-state index contributed by atoms with van der Waals surface area (Å²) in [6.45, 7) is 0.987. The second-order valence-corrected chi connectivity index (χ2v) is 6.97. The third-order valence-electron chi connectivity index (χ3n) is 4.68. The second kappa shape index (κ2) is 8.16. The number of hydrogen-bond acceptors (Lipinski definition) is 4. The Labute approximate surface area is 163 Å². The smallest absolute Gasteiger partial charge is 0.320 e. The van der Waals surface area contributed by atoms with Crippen LogP contribution in [0.4, 0.5) is 10.5 Å². The lowest BCUT2D eigenvalue weighted by atomic mass is 10.1. The predicted octanol–water partition coefficient (Wildman–Crippen LogP) is 0.921. The number of carbonyl (C=O) groups is 2. The topological polar surface area (TPSA) is 101 Å². The van der Waals surface area contributed by atoms with Gasteiger partial charge in [0.2, 0.25) is 5.91 Å². The van der Waals surface area contributed by atoms with Gasteiger partial charge in [-0.25, -0.2) is 4.79 Å². The highest BCUT2D eigenvalue weighted by Crippen LogP contribution is 2.24. The number of anilines is 1. The van der Waals surface area contributed by atoms with Crippen LogP contribution in [0.5, 0.6) is 0 Å². The second-order valence-electron chi connectivity index (χ2n) is 6.97. The number of rotatable bonds is 5. The average molecular weight is 382 g/mol. The Bertz CT molecular complexity index is 907. The van der Waals surface area contributed by atoms with Crippen LogP contribution >= 0.6 is 0 Å². The first-order chi connectivity index (χ1) is 13.4. The van der Waals surface area contributed by atoms with Crippen LogP contribution in [0.1, 0.15) is 0 Å². The van der Waals surface area contributed by atoms with Crippen molar-refractivity contribution in [2.75, 3.05) is 32.5 Å². The fraction of sp³-hybridized carbons (Fsp3) is 0.300. The molecule has 3 amide bonds. The van der Waals surface area contributed by atoms with Crippen molar-refractivity contribution in [2.24, 2.45) is 11.7 Å². The molecule has 1 aliphatic heterocycles. The summed E-state index contributed by atoms with van der Waals surface area (Å²) in [7, 11) is 3.29. The highest BCUT2D eigenvalue weighted by atomic mass is 16.2. The summed E-state index contributed by atoms with van der Waals surface area (Å²) >= 11 is 0. The number of aromatic nitrogens is 1. The lowest BCUT2D eigenvalue weighted by Gasteiger charge is -2.25. The molecule has 0 spiro atoms. The van der Waals surface area contributed by atoms with E-state index in [1.54, 1.807) is 37.0 Å². The van der Waals surface area contributed by atoms with Crippen molar-refractivity contribution < 1.29 is 9.59 Å². The zero-order valence-corrected chi connectivity index (χ0v) is 15.9. The van der Waals surface area contributed by atoms with Crippen molar-refractivity contribution in [2.45, 2.75) is 6.04 Å². The zero-order chi connectivity index (χ0) is 20.3. The summed E-state index contributed by atoms with van der Waals surface area (Å²) in [6.07, 6.45) is 3.53. The minimum absolute atomic E-state index is 0.00202. The largest absolute Gasteiger partial charge is 0.385 e. The molecule has 0 saturated carbocycles. The van der Waals surface area contributed by atoms with E-state index in [9.17, 15) is 14.4 Å². The molecule has 0 bridgehead atoms.